The average molecular weight is 230 g/mol. The summed E-state index contributed by atoms with van der Waals surface area (Å²) in [7, 11) is 0. The number of hydrogen-bond acceptors (Lipinski definition) is 0. The lowest BCUT2D eigenvalue weighted by atomic mass is 9.88. The molecule has 0 heterocycles. The molecule has 0 heteroatoms. The molecule has 0 N–H and O–H groups in total. The first-order valence-corrected chi connectivity index (χ1v) is 7.72. The van der Waals surface area contributed by atoms with Gasteiger partial charge in [0.1, 0.15) is 0 Å². The third kappa shape index (κ3) is 29.2. The molecule has 16 heavy (non-hydrogen) atoms. The Morgan fingerprint density at radius 3 is 1.12 bits per heavy atom. The minimum absolute atomic E-state index is 1.06. The first kappa shape index (κ1) is 21.3. The van der Waals surface area contributed by atoms with Gasteiger partial charge in [-0.3, -0.25) is 0 Å². The van der Waals surface area contributed by atoms with Crippen LogP contribution in [0.4, 0.5) is 0 Å². The average Bonchev–Trinajstić information content (AvgIpc) is 2.28. The van der Waals surface area contributed by atoms with Crippen LogP contribution in [0.3, 0.4) is 0 Å². The minimum atomic E-state index is 1.06. The standard InChI is InChI=1S/C6H14.C5H10.C3H8.C2H6/c1-3-5-6-4-2;1-5-3-2-4-5;1-3-2;1-2/h3-6H2,1-2H3;5H,2-4H2,1H3;3H2,1-2H3;1-2H3. The maximum absolute atomic E-state index is 2.31. The first-order valence-electron chi connectivity index (χ1n) is 7.72. The van der Waals surface area contributed by atoms with Crippen LogP contribution in [-0.2, 0) is 0 Å². The van der Waals surface area contributed by atoms with Gasteiger partial charge in [0.25, 0.3) is 0 Å². The third-order valence-electron chi connectivity index (χ3n) is 2.35. The lowest BCUT2D eigenvalue weighted by Crippen LogP contribution is -2.04. The Morgan fingerprint density at radius 2 is 1.06 bits per heavy atom. The number of rotatable bonds is 3. The molecular weight excluding hydrogens is 192 g/mol. The van der Waals surface area contributed by atoms with E-state index >= 15 is 0 Å². The predicted octanol–water partition coefficient (Wildman–Crippen LogP) is 6.84. The van der Waals surface area contributed by atoms with E-state index < -0.39 is 0 Å². The zero-order chi connectivity index (χ0) is 13.2. The van der Waals surface area contributed by atoms with Crippen LogP contribution in [0.2, 0.25) is 0 Å². The van der Waals surface area contributed by atoms with Crippen molar-refractivity contribution in [3.05, 3.63) is 0 Å². The lowest BCUT2D eigenvalue weighted by Gasteiger charge is -2.18. The minimum Gasteiger partial charge on any atom is -0.0683 e. The van der Waals surface area contributed by atoms with E-state index in [0.29, 0.717) is 0 Å². The molecule has 0 atom stereocenters. The monoisotopic (exact) mass is 230 g/mol. The van der Waals surface area contributed by atoms with Crippen molar-refractivity contribution in [2.45, 2.75) is 99.8 Å². The van der Waals surface area contributed by atoms with Crippen molar-refractivity contribution in [3.8, 4) is 0 Å². The molecule has 1 aliphatic carbocycles. The van der Waals surface area contributed by atoms with Gasteiger partial charge in [0, 0.05) is 0 Å². The molecule has 0 aliphatic heterocycles. The van der Waals surface area contributed by atoms with Crippen LogP contribution in [-0.4, -0.2) is 0 Å². The zero-order valence-electron chi connectivity index (χ0n) is 13.2. The molecule has 0 saturated heterocycles. The zero-order valence-corrected chi connectivity index (χ0v) is 13.2. The fraction of sp³-hybridized carbons (Fsp3) is 1.00. The van der Waals surface area contributed by atoms with E-state index in [1.807, 2.05) is 13.8 Å². The summed E-state index contributed by atoms with van der Waals surface area (Å²) in [4.78, 5) is 0. The largest absolute Gasteiger partial charge is 0.0683 e. The van der Waals surface area contributed by atoms with Gasteiger partial charge in [-0.05, 0) is 5.92 Å². The first-order chi connectivity index (χ1) is 7.72. The normalized spacial score (nSPS) is 12.9. The van der Waals surface area contributed by atoms with Gasteiger partial charge < -0.3 is 0 Å². The topological polar surface area (TPSA) is 0 Å². The second-order valence-corrected chi connectivity index (χ2v) is 4.45. The highest BCUT2D eigenvalue weighted by atomic mass is 14.1. The Hall–Kier alpha value is 0. The summed E-state index contributed by atoms with van der Waals surface area (Å²) in [6.45, 7) is 15.0. The molecule has 0 nitrogen and oxygen atoms in total. The Balaban J connectivity index is -0.000000153. The summed E-state index contributed by atoms with van der Waals surface area (Å²) in [6.07, 6.45) is 11.2. The van der Waals surface area contributed by atoms with E-state index in [1.54, 1.807) is 0 Å². The molecule has 0 amide bonds. The molecule has 0 aromatic rings. The van der Waals surface area contributed by atoms with Crippen molar-refractivity contribution in [2.24, 2.45) is 5.92 Å². The number of unbranched alkanes of at least 4 members (excludes halogenated alkanes) is 3. The van der Waals surface area contributed by atoms with Gasteiger partial charge in [-0.1, -0.05) is 99.8 Å². The molecule has 0 spiro atoms. The van der Waals surface area contributed by atoms with Crippen molar-refractivity contribution in [1.29, 1.82) is 0 Å². The molecule has 1 fully saturated rings. The maximum Gasteiger partial charge on any atom is -0.0443 e. The number of hydrogen-bond donors (Lipinski definition) is 0. The SMILES string of the molecule is CC.CC1CCC1.CCC.CCCCCC. The van der Waals surface area contributed by atoms with E-state index in [1.165, 1.54) is 51.4 Å². The van der Waals surface area contributed by atoms with Crippen LogP contribution in [0.25, 0.3) is 0 Å². The molecule has 0 bridgehead atoms. The molecule has 0 aromatic heterocycles. The van der Waals surface area contributed by atoms with Gasteiger partial charge in [-0.15, -0.1) is 0 Å². The quantitative estimate of drug-likeness (QED) is 0.466. The highest BCUT2D eigenvalue weighted by molar-refractivity contribution is 4.62. The van der Waals surface area contributed by atoms with E-state index in [4.69, 9.17) is 0 Å². The maximum atomic E-state index is 2.31. The van der Waals surface area contributed by atoms with E-state index in [-0.39, 0.29) is 0 Å². The van der Waals surface area contributed by atoms with Crippen molar-refractivity contribution in [3.63, 3.8) is 0 Å². The molecule has 0 aromatic carbocycles. The summed E-state index contributed by atoms with van der Waals surface area (Å²) >= 11 is 0. The summed E-state index contributed by atoms with van der Waals surface area (Å²) in [5.74, 6) is 1.06. The van der Waals surface area contributed by atoms with Gasteiger partial charge in [0.15, 0.2) is 0 Å². The van der Waals surface area contributed by atoms with Gasteiger partial charge in [-0.25, -0.2) is 0 Å². The summed E-state index contributed by atoms with van der Waals surface area (Å²) in [5, 5.41) is 0. The fourth-order valence-electron chi connectivity index (χ4n) is 1.11. The molecule has 1 saturated carbocycles. The second kappa shape index (κ2) is 24.3. The molecule has 1 rings (SSSR count). The van der Waals surface area contributed by atoms with Crippen LogP contribution in [0.15, 0.2) is 0 Å². The Labute approximate surface area is 106 Å². The Kier molecular flexibility index (Phi) is 32.3. The lowest BCUT2D eigenvalue weighted by molar-refractivity contribution is 0.346. The summed E-state index contributed by atoms with van der Waals surface area (Å²) in [6, 6.07) is 0. The van der Waals surface area contributed by atoms with Gasteiger partial charge >= 0.3 is 0 Å². The highest BCUT2D eigenvalue weighted by Gasteiger charge is 2.09. The van der Waals surface area contributed by atoms with Gasteiger partial charge in [-0.2, -0.15) is 0 Å². The summed E-state index contributed by atoms with van der Waals surface area (Å²) in [5.41, 5.74) is 0. The van der Waals surface area contributed by atoms with Crippen LogP contribution >= 0.6 is 0 Å². The Morgan fingerprint density at radius 1 is 0.812 bits per heavy atom. The molecular formula is C16H38. The smallest absolute Gasteiger partial charge is 0.0443 e. The van der Waals surface area contributed by atoms with Crippen molar-refractivity contribution >= 4 is 0 Å². The van der Waals surface area contributed by atoms with Gasteiger partial charge in [0.2, 0.25) is 0 Å². The molecule has 102 valence electrons. The van der Waals surface area contributed by atoms with Crippen LogP contribution < -0.4 is 0 Å². The molecule has 0 radical (unpaired) electrons. The van der Waals surface area contributed by atoms with Crippen LogP contribution in [0.1, 0.15) is 99.8 Å². The van der Waals surface area contributed by atoms with Crippen LogP contribution in [0.5, 0.6) is 0 Å². The molecule has 0 unspecified atom stereocenters. The predicted molar refractivity (Wildman–Crippen MR) is 80.1 cm³/mol. The highest BCUT2D eigenvalue weighted by Crippen LogP contribution is 2.24. The van der Waals surface area contributed by atoms with Gasteiger partial charge in [0.05, 0.1) is 0 Å². The second-order valence-electron chi connectivity index (χ2n) is 4.45. The van der Waals surface area contributed by atoms with Crippen molar-refractivity contribution < 1.29 is 0 Å². The van der Waals surface area contributed by atoms with E-state index in [2.05, 4.69) is 34.6 Å². The fourth-order valence-corrected chi connectivity index (χ4v) is 1.11. The summed E-state index contributed by atoms with van der Waals surface area (Å²) < 4.78 is 0. The van der Waals surface area contributed by atoms with Crippen molar-refractivity contribution in [1.82, 2.24) is 0 Å². The van der Waals surface area contributed by atoms with Crippen molar-refractivity contribution in [2.75, 3.05) is 0 Å². The third-order valence-corrected chi connectivity index (χ3v) is 2.35. The Bertz CT molecular complexity index is 68.1. The van der Waals surface area contributed by atoms with Crippen LogP contribution in [0, 0.1) is 5.92 Å². The van der Waals surface area contributed by atoms with E-state index in [9.17, 15) is 0 Å². The molecule has 1 aliphatic rings. The van der Waals surface area contributed by atoms with E-state index in [0.717, 1.165) is 5.92 Å².